The summed E-state index contributed by atoms with van der Waals surface area (Å²) >= 11 is 0. The van der Waals surface area contributed by atoms with E-state index < -0.39 is 11.4 Å². The Morgan fingerprint density at radius 2 is 1.89 bits per heavy atom. The molecule has 1 fully saturated rings. The zero-order valence-electron chi connectivity index (χ0n) is 11.0. The predicted octanol–water partition coefficient (Wildman–Crippen LogP) is 3.50. The van der Waals surface area contributed by atoms with E-state index in [1.165, 1.54) is 6.42 Å². The molecule has 3 nitrogen and oxygen atoms in total. The minimum Gasteiger partial charge on any atom is -0.481 e. The Hall–Kier alpha value is -1.82. The lowest BCUT2D eigenvalue weighted by molar-refractivity contribution is -0.138. The third-order valence-corrected chi connectivity index (χ3v) is 4.22. The maximum Gasteiger partial charge on any atom is 0.305 e. The van der Waals surface area contributed by atoms with E-state index in [4.69, 9.17) is 0 Å². The first-order chi connectivity index (χ1) is 9.19. The molecule has 1 saturated carbocycles. The van der Waals surface area contributed by atoms with Crippen LogP contribution in [0.2, 0.25) is 0 Å². The second-order valence-electron chi connectivity index (χ2n) is 5.35. The second kappa shape index (κ2) is 5.88. The molecular weight excluding hydrogens is 238 g/mol. The zero-order valence-corrected chi connectivity index (χ0v) is 11.0. The van der Waals surface area contributed by atoms with Gasteiger partial charge in [-0.2, -0.15) is 5.26 Å². The second-order valence-corrected chi connectivity index (χ2v) is 5.35. The average molecular weight is 257 g/mol. The van der Waals surface area contributed by atoms with E-state index in [-0.39, 0.29) is 12.3 Å². The average Bonchev–Trinajstić information content (AvgIpc) is 2.46. The number of carboxylic acids is 1. The summed E-state index contributed by atoms with van der Waals surface area (Å²) in [6, 6.07) is 11.8. The molecule has 1 N–H and O–H groups in total. The number of benzene rings is 1. The lowest BCUT2D eigenvalue weighted by atomic mass is 9.64. The third kappa shape index (κ3) is 2.78. The molecule has 100 valence electrons. The van der Waals surface area contributed by atoms with Gasteiger partial charge in [-0.05, 0) is 24.3 Å². The van der Waals surface area contributed by atoms with Crippen LogP contribution in [-0.2, 0) is 10.2 Å². The van der Waals surface area contributed by atoms with Crippen LogP contribution in [0.15, 0.2) is 30.3 Å². The molecule has 0 bridgehead atoms. The Kier molecular flexibility index (Phi) is 4.21. The van der Waals surface area contributed by atoms with E-state index in [1.54, 1.807) is 0 Å². The minimum absolute atomic E-state index is 0.0990. The molecule has 1 aromatic carbocycles. The molecule has 0 heterocycles. The van der Waals surface area contributed by atoms with Crippen LogP contribution >= 0.6 is 0 Å². The van der Waals surface area contributed by atoms with Crippen molar-refractivity contribution in [1.82, 2.24) is 0 Å². The fraction of sp³-hybridized carbons (Fsp3) is 0.500. The smallest absolute Gasteiger partial charge is 0.305 e. The van der Waals surface area contributed by atoms with Crippen molar-refractivity contribution in [3.05, 3.63) is 35.9 Å². The van der Waals surface area contributed by atoms with Gasteiger partial charge in [-0.3, -0.25) is 4.79 Å². The minimum atomic E-state index is -0.893. The molecule has 1 atom stereocenters. The van der Waals surface area contributed by atoms with E-state index in [9.17, 15) is 15.2 Å². The van der Waals surface area contributed by atoms with Crippen LogP contribution in [-0.4, -0.2) is 11.1 Å². The summed E-state index contributed by atoms with van der Waals surface area (Å²) in [5.74, 6) is -0.735. The molecule has 19 heavy (non-hydrogen) atoms. The Bertz CT molecular complexity index is 471. The summed E-state index contributed by atoms with van der Waals surface area (Å²) in [6.45, 7) is 0. The van der Waals surface area contributed by atoms with Gasteiger partial charge in [-0.25, -0.2) is 0 Å². The van der Waals surface area contributed by atoms with E-state index in [1.807, 2.05) is 30.3 Å². The van der Waals surface area contributed by atoms with Gasteiger partial charge in [0, 0.05) is 0 Å². The number of hydrogen-bond acceptors (Lipinski definition) is 2. The largest absolute Gasteiger partial charge is 0.481 e. The molecule has 0 amide bonds. The summed E-state index contributed by atoms with van der Waals surface area (Å²) in [5.41, 5.74) is -0.0140. The highest BCUT2D eigenvalue weighted by Gasteiger charge is 2.42. The van der Waals surface area contributed by atoms with Crippen molar-refractivity contribution >= 4 is 5.97 Å². The monoisotopic (exact) mass is 257 g/mol. The van der Waals surface area contributed by atoms with Crippen molar-refractivity contribution in [2.24, 2.45) is 5.92 Å². The van der Waals surface area contributed by atoms with Gasteiger partial charge in [-0.1, -0.05) is 49.6 Å². The van der Waals surface area contributed by atoms with Crippen LogP contribution in [0.1, 0.15) is 44.1 Å². The molecule has 0 spiro atoms. The maximum atomic E-state index is 11.2. The first kappa shape index (κ1) is 13.6. The van der Waals surface area contributed by atoms with E-state index in [0.29, 0.717) is 0 Å². The van der Waals surface area contributed by atoms with Gasteiger partial charge in [0.15, 0.2) is 0 Å². The van der Waals surface area contributed by atoms with Crippen LogP contribution in [0.5, 0.6) is 0 Å². The fourth-order valence-electron chi connectivity index (χ4n) is 3.25. The SMILES string of the molecule is N#CC(CC(=O)O)(c1ccccc1)C1CCCCC1. The Morgan fingerprint density at radius 1 is 1.26 bits per heavy atom. The maximum absolute atomic E-state index is 11.2. The van der Waals surface area contributed by atoms with Gasteiger partial charge in [0.25, 0.3) is 0 Å². The Balaban J connectivity index is 2.41. The third-order valence-electron chi connectivity index (χ3n) is 4.22. The van der Waals surface area contributed by atoms with E-state index >= 15 is 0 Å². The molecule has 3 heteroatoms. The number of carbonyl (C=O) groups is 1. The normalized spacial score (nSPS) is 19.3. The first-order valence-corrected chi connectivity index (χ1v) is 6.87. The molecule has 1 aromatic rings. The van der Waals surface area contributed by atoms with Gasteiger partial charge in [0.05, 0.1) is 17.9 Å². The van der Waals surface area contributed by atoms with E-state index in [2.05, 4.69) is 6.07 Å². The number of nitriles is 1. The number of aliphatic carboxylic acids is 1. The van der Waals surface area contributed by atoms with Crippen LogP contribution in [0.4, 0.5) is 0 Å². The lowest BCUT2D eigenvalue weighted by Crippen LogP contribution is -2.37. The zero-order chi connectivity index (χ0) is 13.7. The number of rotatable bonds is 4. The highest BCUT2D eigenvalue weighted by atomic mass is 16.4. The van der Waals surface area contributed by atoms with E-state index in [0.717, 1.165) is 31.2 Å². The summed E-state index contributed by atoms with van der Waals surface area (Å²) in [4.78, 5) is 11.2. The van der Waals surface area contributed by atoms with Crippen molar-refractivity contribution in [3.8, 4) is 6.07 Å². The summed E-state index contributed by atoms with van der Waals surface area (Å²) < 4.78 is 0. The quantitative estimate of drug-likeness (QED) is 0.897. The Labute approximate surface area is 113 Å². The molecule has 0 aromatic heterocycles. The van der Waals surface area contributed by atoms with Crippen molar-refractivity contribution in [2.75, 3.05) is 0 Å². The highest BCUT2D eigenvalue weighted by Crippen LogP contribution is 2.43. The lowest BCUT2D eigenvalue weighted by Gasteiger charge is -2.36. The van der Waals surface area contributed by atoms with Crippen molar-refractivity contribution in [3.63, 3.8) is 0 Å². The Morgan fingerprint density at radius 3 is 2.42 bits per heavy atom. The van der Waals surface area contributed by atoms with Gasteiger partial charge in [0.1, 0.15) is 0 Å². The molecule has 2 rings (SSSR count). The van der Waals surface area contributed by atoms with Gasteiger partial charge >= 0.3 is 5.97 Å². The molecular formula is C16H19NO2. The molecule has 1 aliphatic rings. The van der Waals surface area contributed by atoms with Crippen LogP contribution in [0, 0.1) is 17.2 Å². The highest BCUT2D eigenvalue weighted by molar-refractivity contribution is 5.70. The van der Waals surface area contributed by atoms with Crippen molar-refractivity contribution in [1.29, 1.82) is 5.26 Å². The summed E-state index contributed by atoms with van der Waals surface area (Å²) in [5, 5.41) is 18.9. The molecule has 0 saturated heterocycles. The first-order valence-electron chi connectivity index (χ1n) is 6.87. The van der Waals surface area contributed by atoms with Crippen molar-refractivity contribution in [2.45, 2.75) is 43.9 Å². The molecule has 0 aliphatic heterocycles. The van der Waals surface area contributed by atoms with Crippen molar-refractivity contribution < 1.29 is 9.90 Å². The van der Waals surface area contributed by atoms with Crippen LogP contribution in [0.3, 0.4) is 0 Å². The van der Waals surface area contributed by atoms with Gasteiger partial charge in [-0.15, -0.1) is 0 Å². The number of nitrogens with zero attached hydrogens (tertiary/aromatic N) is 1. The molecule has 1 unspecified atom stereocenters. The molecule has 0 radical (unpaired) electrons. The summed E-state index contributed by atoms with van der Waals surface area (Å²) in [7, 11) is 0. The standard InChI is InChI=1S/C16H19NO2/c17-12-16(11-15(18)19,13-7-3-1-4-8-13)14-9-5-2-6-10-14/h1,3-4,7-8,14H,2,5-6,9-11H2,(H,18,19). The number of carboxylic acid groups (broad SMARTS) is 1. The topological polar surface area (TPSA) is 61.1 Å². The predicted molar refractivity (Wildman–Crippen MR) is 72.6 cm³/mol. The van der Waals surface area contributed by atoms with Gasteiger partial charge < -0.3 is 5.11 Å². The molecule has 1 aliphatic carbocycles. The van der Waals surface area contributed by atoms with Gasteiger partial charge in [0.2, 0.25) is 0 Å². The fourth-order valence-corrected chi connectivity index (χ4v) is 3.25. The number of hydrogen-bond donors (Lipinski definition) is 1. The van der Waals surface area contributed by atoms with Crippen LogP contribution in [0.25, 0.3) is 0 Å². The van der Waals surface area contributed by atoms with Crippen LogP contribution < -0.4 is 0 Å². The summed E-state index contributed by atoms with van der Waals surface area (Å²) in [6.07, 6.45) is 5.20.